The van der Waals surface area contributed by atoms with Crippen LogP contribution in [0.2, 0.25) is 0 Å². The van der Waals surface area contributed by atoms with E-state index >= 15 is 0 Å². The molecule has 4 nitrogen and oxygen atoms in total. The number of hydrogen-bond donors (Lipinski definition) is 1. The van der Waals surface area contributed by atoms with Gasteiger partial charge < -0.3 is 9.84 Å². The number of nitrogens with one attached hydrogen (secondary N) is 1. The Morgan fingerprint density at radius 1 is 1.36 bits per heavy atom. The van der Waals surface area contributed by atoms with Crippen LogP contribution in [0, 0.1) is 18.8 Å². The molecule has 1 aliphatic rings. The Kier molecular flexibility index (Phi) is 4.19. The van der Waals surface area contributed by atoms with E-state index < -0.39 is 0 Å². The van der Waals surface area contributed by atoms with Crippen molar-refractivity contribution in [3.05, 3.63) is 29.5 Å². The molecule has 1 saturated carbocycles. The van der Waals surface area contributed by atoms with E-state index in [2.05, 4.69) is 24.3 Å². The minimum atomic E-state index is 0.0441. The molecule has 0 saturated heterocycles. The average molecular weight is 300 g/mol. The van der Waals surface area contributed by atoms with Crippen LogP contribution in [-0.4, -0.2) is 17.1 Å². The fourth-order valence-electron chi connectivity index (χ4n) is 3.43. The van der Waals surface area contributed by atoms with Gasteiger partial charge in [-0.2, -0.15) is 0 Å². The van der Waals surface area contributed by atoms with Crippen molar-refractivity contribution in [1.29, 1.82) is 0 Å². The summed E-state index contributed by atoms with van der Waals surface area (Å²) >= 11 is 0. The van der Waals surface area contributed by atoms with Crippen molar-refractivity contribution in [3.8, 4) is 0 Å². The molecule has 1 aliphatic carbocycles. The number of rotatable bonds is 3. The lowest BCUT2D eigenvalue weighted by Crippen LogP contribution is -2.44. The molecule has 3 rings (SSSR count). The summed E-state index contributed by atoms with van der Waals surface area (Å²) in [5, 5.41) is 8.21. The van der Waals surface area contributed by atoms with E-state index in [-0.39, 0.29) is 18.4 Å². The summed E-state index contributed by atoms with van der Waals surface area (Å²) in [5.41, 5.74) is 2.62. The maximum absolute atomic E-state index is 12.4. The second-order valence-corrected chi connectivity index (χ2v) is 6.75. The smallest absolute Gasteiger partial charge is 0.226 e. The highest BCUT2D eigenvalue weighted by molar-refractivity contribution is 5.86. The van der Waals surface area contributed by atoms with Crippen molar-refractivity contribution in [2.24, 2.45) is 11.8 Å². The largest absolute Gasteiger partial charge is 0.356 e. The first-order valence-corrected chi connectivity index (χ1v) is 8.19. The fourth-order valence-corrected chi connectivity index (χ4v) is 3.43. The molecule has 1 heterocycles. The predicted octanol–water partition coefficient (Wildman–Crippen LogP) is 3.62. The molecule has 1 aromatic carbocycles. The number of hydrogen-bond acceptors (Lipinski definition) is 3. The number of carbonyl (C=O) groups is 1. The first-order valence-electron chi connectivity index (χ1n) is 8.19. The third-order valence-corrected chi connectivity index (χ3v) is 5.08. The molecule has 0 aliphatic heterocycles. The Morgan fingerprint density at radius 3 is 3.00 bits per heavy atom. The van der Waals surface area contributed by atoms with E-state index in [0.29, 0.717) is 11.8 Å². The van der Waals surface area contributed by atoms with Gasteiger partial charge in [0.25, 0.3) is 0 Å². The number of benzene rings is 1. The van der Waals surface area contributed by atoms with E-state index in [1.54, 1.807) is 0 Å². The molecular formula is C18H24N2O2. The molecule has 2 aromatic rings. The molecule has 1 fully saturated rings. The Morgan fingerprint density at radius 2 is 2.18 bits per heavy atom. The normalized spacial score (nSPS) is 25.3. The van der Waals surface area contributed by atoms with Crippen LogP contribution in [0.3, 0.4) is 0 Å². The third kappa shape index (κ3) is 3.01. The van der Waals surface area contributed by atoms with E-state index in [9.17, 15) is 4.79 Å². The lowest BCUT2D eigenvalue weighted by Gasteiger charge is -2.34. The van der Waals surface area contributed by atoms with Gasteiger partial charge in [0.1, 0.15) is 5.69 Å². The predicted molar refractivity (Wildman–Crippen MR) is 86.6 cm³/mol. The van der Waals surface area contributed by atoms with E-state index in [0.717, 1.165) is 28.6 Å². The summed E-state index contributed by atoms with van der Waals surface area (Å²) in [6.45, 7) is 6.54. The molecule has 4 heteroatoms. The minimum absolute atomic E-state index is 0.0441. The highest BCUT2D eigenvalue weighted by atomic mass is 16.5. The fraction of sp³-hybridized carbons (Fsp3) is 0.556. The van der Waals surface area contributed by atoms with Gasteiger partial charge in [-0.15, -0.1) is 0 Å². The van der Waals surface area contributed by atoms with Gasteiger partial charge >= 0.3 is 0 Å². The highest BCUT2D eigenvalue weighted by Crippen LogP contribution is 2.29. The van der Waals surface area contributed by atoms with Crippen molar-refractivity contribution in [3.63, 3.8) is 0 Å². The van der Waals surface area contributed by atoms with Gasteiger partial charge in [-0.3, -0.25) is 4.79 Å². The molecule has 22 heavy (non-hydrogen) atoms. The molecule has 1 N–H and O–H groups in total. The van der Waals surface area contributed by atoms with Crippen LogP contribution in [0.1, 0.15) is 44.4 Å². The number of aryl methyl sites for hydroxylation is 1. The monoisotopic (exact) mass is 300 g/mol. The Balaban J connectivity index is 1.69. The van der Waals surface area contributed by atoms with Crippen LogP contribution in [0.4, 0.5) is 0 Å². The number of fused-ring (bicyclic) bond motifs is 1. The van der Waals surface area contributed by atoms with Crippen LogP contribution in [0.25, 0.3) is 11.0 Å². The lowest BCUT2D eigenvalue weighted by molar-refractivity contribution is -0.121. The van der Waals surface area contributed by atoms with Crippen LogP contribution in [-0.2, 0) is 11.2 Å². The number of nitrogens with zero attached hydrogens (tertiary/aromatic N) is 1. The standard InChI is InChI=1S/C18H24N2O2/c1-11-7-8-17-14(9-11)16(20-22-17)10-18(21)19-15-6-4-5-12(2)13(15)3/h7-9,12-13,15H,4-6,10H2,1-3H3,(H,19,21). The summed E-state index contributed by atoms with van der Waals surface area (Å²) in [6.07, 6.45) is 3.83. The van der Waals surface area contributed by atoms with Gasteiger partial charge in [0.15, 0.2) is 5.58 Å². The Hall–Kier alpha value is -1.84. The van der Waals surface area contributed by atoms with Gasteiger partial charge in [0.05, 0.1) is 6.42 Å². The molecule has 1 aromatic heterocycles. The molecule has 1 amide bonds. The molecular weight excluding hydrogens is 276 g/mol. The SMILES string of the molecule is Cc1ccc2onc(CC(=O)NC3CCCC(C)C3C)c2c1. The molecule has 0 bridgehead atoms. The lowest BCUT2D eigenvalue weighted by atomic mass is 9.78. The number of carbonyl (C=O) groups excluding carboxylic acids is 1. The maximum Gasteiger partial charge on any atom is 0.226 e. The molecule has 3 atom stereocenters. The van der Waals surface area contributed by atoms with Gasteiger partial charge in [-0.25, -0.2) is 0 Å². The number of amides is 1. The zero-order chi connectivity index (χ0) is 15.7. The van der Waals surface area contributed by atoms with E-state index in [1.807, 2.05) is 25.1 Å². The summed E-state index contributed by atoms with van der Waals surface area (Å²) < 4.78 is 5.30. The van der Waals surface area contributed by atoms with Crippen LogP contribution in [0.15, 0.2) is 22.7 Å². The topological polar surface area (TPSA) is 55.1 Å². The van der Waals surface area contributed by atoms with Gasteiger partial charge in [-0.05, 0) is 37.3 Å². The van der Waals surface area contributed by atoms with Crippen molar-refractivity contribution in [2.75, 3.05) is 0 Å². The first kappa shape index (κ1) is 15.1. The molecule has 118 valence electrons. The Bertz CT molecular complexity index is 677. The zero-order valence-electron chi connectivity index (χ0n) is 13.6. The van der Waals surface area contributed by atoms with Crippen molar-refractivity contribution in [1.82, 2.24) is 10.5 Å². The maximum atomic E-state index is 12.4. The van der Waals surface area contributed by atoms with Crippen LogP contribution >= 0.6 is 0 Å². The zero-order valence-corrected chi connectivity index (χ0v) is 13.6. The Labute approximate surface area is 131 Å². The van der Waals surface area contributed by atoms with Crippen molar-refractivity contribution < 1.29 is 9.32 Å². The summed E-state index contributed by atoms with van der Waals surface area (Å²) in [5.74, 6) is 1.26. The first-order chi connectivity index (χ1) is 10.5. The van der Waals surface area contributed by atoms with E-state index in [1.165, 1.54) is 12.8 Å². The van der Waals surface area contributed by atoms with Crippen LogP contribution in [0.5, 0.6) is 0 Å². The van der Waals surface area contributed by atoms with E-state index in [4.69, 9.17) is 4.52 Å². The second-order valence-electron chi connectivity index (χ2n) is 6.75. The average Bonchev–Trinajstić information content (AvgIpc) is 2.86. The van der Waals surface area contributed by atoms with Crippen molar-refractivity contribution in [2.45, 2.75) is 52.5 Å². The number of aromatic nitrogens is 1. The van der Waals surface area contributed by atoms with Gasteiger partial charge in [-0.1, -0.05) is 43.5 Å². The molecule has 0 spiro atoms. The quantitative estimate of drug-likeness (QED) is 0.942. The summed E-state index contributed by atoms with van der Waals surface area (Å²) in [7, 11) is 0. The minimum Gasteiger partial charge on any atom is -0.356 e. The summed E-state index contributed by atoms with van der Waals surface area (Å²) in [4.78, 5) is 12.4. The molecule has 0 radical (unpaired) electrons. The van der Waals surface area contributed by atoms with Gasteiger partial charge in [0, 0.05) is 11.4 Å². The second kappa shape index (κ2) is 6.11. The van der Waals surface area contributed by atoms with Crippen molar-refractivity contribution >= 4 is 16.9 Å². The summed E-state index contributed by atoms with van der Waals surface area (Å²) in [6, 6.07) is 6.21. The molecule has 3 unspecified atom stereocenters. The third-order valence-electron chi connectivity index (χ3n) is 5.08. The van der Waals surface area contributed by atoms with Crippen LogP contribution < -0.4 is 5.32 Å². The van der Waals surface area contributed by atoms with Gasteiger partial charge in [0.2, 0.25) is 5.91 Å². The highest BCUT2D eigenvalue weighted by Gasteiger charge is 2.28.